The summed E-state index contributed by atoms with van der Waals surface area (Å²) in [5.41, 5.74) is 0. The average Bonchev–Trinajstić information content (AvgIpc) is 3.13. The number of thiazole rings is 1. The molecule has 1 aliphatic heterocycles. The van der Waals surface area contributed by atoms with Crippen LogP contribution in [0.5, 0.6) is 0 Å². The van der Waals surface area contributed by atoms with E-state index in [2.05, 4.69) is 34.2 Å². The number of aromatic nitrogens is 1. The first kappa shape index (κ1) is 13.3. The molecule has 1 saturated carbocycles. The zero-order chi connectivity index (χ0) is 13.2. The lowest BCUT2D eigenvalue weighted by atomic mass is 10.1. The van der Waals surface area contributed by atoms with Crippen LogP contribution in [-0.4, -0.2) is 49.2 Å². The van der Waals surface area contributed by atoms with Crippen LogP contribution in [0.2, 0.25) is 0 Å². The molecule has 4 nitrogen and oxygen atoms in total. The third-order valence-electron chi connectivity index (χ3n) is 4.13. The van der Waals surface area contributed by atoms with Crippen LogP contribution >= 0.6 is 11.3 Å². The maximum atomic E-state index is 4.60. The monoisotopic (exact) mass is 280 g/mol. The molecule has 0 spiro atoms. The molecule has 1 atom stereocenters. The summed E-state index contributed by atoms with van der Waals surface area (Å²) in [6, 6.07) is 1.39. The summed E-state index contributed by atoms with van der Waals surface area (Å²) in [6.45, 7) is 3.38. The molecule has 2 aliphatic rings. The zero-order valence-electron chi connectivity index (χ0n) is 11.9. The second-order valence-corrected chi connectivity index (χ2v) is 7.03. The van der Waals surface area contributed by atoms with Crippen molar-refractivity contribution in [1.29, 1.82) is 0 Å². The molecule has 106 valence electrons. The van der Waals surface area contributed by atoms with Gasteiger partial charge in [-0.1, -0.05) is 0 Å². The first-order valence-electron chi connectivity index (χ1n) is 7.32. The Morgan fingerprint density at radius 3 is 3.05 bits per heavy atom. The van der Waals surface area contributed by atoms with Gasteiger partial charge >= 0.3 is 0 Å². The maximum Gasteiger partial charge on any atom is 0.185 e. The summed E-state index contributed by atoms with van der Waals surface area (Å²) in [5, 5.41) is 4.73. The van der Waals surface area contributed by atoms with E-state index in [1.165, 1.54) is 42.2 Å². The Balaban J connectivity index is 1.57. The zero-order valence-corrected chi connectivity index (χ0v) is 12.7. The largest absolute Gasteiger partial charge is 0.347 e. The number of piperidine rings is 1. The predicted octanol–water partition coefficient (Wildman–Crippen LogP) is 1.93. The average molecular weight is 280 g/mol. The Labute approximate surface area is 119 Å². The summed E-state index contributed by atoms with van der Waals surface area (Å²) in [4.78, 5) is 10.8. The van der Waals surface area contributed by atoms with Crippen LogP contribution < -0.4 is 10.2 Å². The summed E-state index contributed by atoms with van der Waals surface area (Å²) in [7, 11) is 4.41. The highest BCUT2D eigenvalue weighted by Crippen LogP contribution is 2.27. The van der Waals surface area contributed by atoms with Crippen molar-refractivity contribution < 1.29 is 0 Å². The molecule has 1 N–H and O–H groups in total. The van der Waals surface area contributed by atoms with Gasteiger partial charge < -0.3 is 15.1 Å². The summed E-state index contributed by atoms with van der Waals surface area (Å²) in [6.07, 6.45) is 7.32. The molecule has 5 heteroatoms. The quantitative estimate of drug-likeness (QED) is 0.893. The molecule has 3 rings (SSSR count). The molecule has 1 aromatic heterocycles. The molecule has 1 unspecified atom stereocenters. The van der Waals surface area contributed by atoms with Gasteiger partial charge in [0, 0.05) is 43.3 Å². The fraction of sp³-hybridized carbons (Fsp3) is 0.786. The predicted molar refractivity (Wildman–Crippen MR) is 80.9 cm³/mol. The van der Waals surface area contributed by atoms with Crippen LogP contribution in [0, 0.1) is 0 Å². The number of nitrogens with zero attached hydrogens (tertiary/aromatic N) is 3. The molecule has 0 bridgehead atoms. The number of anilines is 1. The molecule has 0 aromatic carbocycles. The Hall–Kier alpha value is -0.650. The van der Waals surface area contributed by atoms with Gasteiger partial charge in [-0.2, -0.15) is 0 Å². The molecule has 1 saturated heterocycles. The Morgan fingerprint density at radius 1 is 1.47 bits per heavy atom. The number of likely N-dealkylation sites (tertiary alicyclic amines) is 1. The fourth-order valence-electron chi connectivity index (χ4n) is 2.69. The van der Waals surface area contributed by atoms with Crippen molar-refractivity contribution in [1.82, 2.24) is 15.2 Å². The third-order valence-corrected chi connectivity index (χ3v) is 5.22. The molecular formula is C14H24N4S. The molecule has 1 aliphatic carbocycles. The van der Waals surface area contributed by atoms with E-state index in [1.54, 1.807) is 0 Å². The van der Waals surface area contributed by atoms with Crippen LogP contribution in [0.25, 0.3) is 0 Å². The number of likely N-dealkylation sites (N-methyl/N-ethyl adjacent to an activating group) is 2. The topological polar surface area (TPSA) is 31.4 Å². The van der Waals surface area contributed by atoms with E-state index in [-0.39, 0.29) is 0 Å². The van der Waals surface area contributed by atoms with Crippen LogP contribution in [0.4, 0.5) is 5.13 Å². The minimum atomic E-state index is 0.620. The van der Waals surface area contributed by atoms with Crippen LogP contribution in [0.1, 0.15) is 30.6 Å². The van der Waals surface area contributed by atoms with E-state index in [9.17, 15) is 0 Å². The first-order valence-corrected chi connectivity index (χ1v) is 8.13. The van der Waals surface area contributed by atoms with Crippen LogP contribution in [-0.2, 0) is 6.54 Å². The van der Waals surface area contributed by atoms with Crippen molar-refractivity contribution in [3.63, 3.8) is 0 Å². The van der Waals surface area contributed by atoms with Crippen molar-refractivity contribution in [2.24, 2.45) is 0 Å². The Kier molecular flexibility index (Phi) is 4.05. The van der Waals surface area contributed by atoms with E-state index >= 15 is 0 Å². The van der Waals surface area contributed by atoms with E-state index in [4.69, 9.17) is 0 Å². The van der Waals surface area contributed by atoms with Crippen molar-refractivity contribution in [3.8, 4) is 0 Å². The van der Waals surface area contributed by atoms with Gasteiger partial charge in [0.2, 0.25) is 0 Å². The highest BCUT2D eigenvalue weighted by molar-refractivity contribution is 7.15. The normalized spacial score (nSPS) is 24.6. The second kappa shape index (κ2) is 5.77. The fourth-order valence-corrected chi connectivity index (χ4v) is 3.58. The van der Waals surface area contributed by atoms with Gasteiger partial charge in [-0.3, -0.25) is 0 Å². The molecule has 0 amide bonds. The lowest BCUT2D eigenvalue weighted by molar-refractivity contribution is 0.248. The van der Waals surface area contributed by atoms with Crippen molar-refractivity contribution in [2.45, 2.75) is 44.3 Å². The van der Waals surface area contributed by atoms with Crippen molar-refractivity contribution in [2.75, 3.05) is 32.1 Å². The summed E-state index contributed by atoms with van der Waals surface area (Å²) >= 11 is 1.84. The molecule has 0 radical (unpaired) electrons. The number of rotatable bonds is 5. The van der Waals surface area contributed by atoms with E-state index in [0.29, 0.717) is 6.04 Å². The Morgan fingerprint density at radius 2 is 2.32 bits per heavy atom. The van der Waals surface area contributed by atoms with Crippen LogP contribution in [0.15, 0.2) is 6.20 Å². The van der Waals surface area contributed by atoms with E-state index < -0.39 is 0 Å². The SMILES string of the molecule is CN1CCCC(N(C)c2ncc(CNC3CC3)s2)C1. The van der Waals surface area contributed by atoms with Gasteiger partial charge in [0.15, 0.2) is 5.13 Å². The van der Waals surface area contributed by atoms with E-state index in [1.807, 2.05) is 17.5 Å². The third kappa shape index (κ3) is 3.46. The van der Waals surface area contributed by atoms with E-state index in [0.717, 1.165) is 19.1 Å². The van der Waals surface area contributed by atoms with Gasteiger partial charge in [-0.15, -0.1) is 11.3 Å². The number of hydrogen-bond acceptors (Lipinski definition) is 5. The van der Waals surface area contributed by atoms with Crippen LogP contribution in [0.3, 0.4) is 0 Å². The van der Waals surface area contributed by atoms with Gasteiger partial charge in [-0.05, 0) is 39.3 Å². The first-order chi connectivity index (χ1) is 9.22. The molecular weight excluding hydrogens is 256 g/mol. The highest BCUT2D eigenvalue weighted by atomic mass is 32.1. The molecule has 1 aromatic rings. The standard InChI is InChI=1S/C14H24N4S/c1-17-7-3-4-12(10-17)18(2)14-16-9-13(19-14)8-15-11-5-6-11/h9,11-12,15H,3-8,10H2,1-2H3. The molecule has 2 fully saturated rings. The number of nitrogens with one attached hydrogen (secondary N) is 1. The highest BCUT2D eigenvalue weighted by Gasteiger charge is 2.24. The second-order valence-electron chi connectivity index (χ2n) is 5.93. The Bertz CT molecular complexity index is 415. The maximum absolute atomic E-state index is 4.60. The van der Waals surface area contributed by atoms with Gasteiger partial charge in [0.1, 0.15) is 0 Å². The lowest BCUT2D eigenvalue weighted by Crippen LogP contribution is -2.45. The molecule has 19 heavy (non-hydrogen) atoms. The molecule has 2 heterocycles. The van der Waals surface area contributed by atoms with Gasteiger partial charge in [-0.25, -0.2) is 4.98 Å². The lowest BCUT2D eigenvalue weighted by Gasteiger charge is -2.35. The van der Waals surface area contributed by atoms with Gasteiger partial charge in [0.25, 0.3) is 0 Å². The van der Waals surface area contributed by atoms with Gasteiger partial charge in [0.05, 0.1) is 0 Å². The minimum absolute atomic E-state index is 0.620. The summed E-state index contributed by atoms with van der Waals surface area (Å²) < 4.78 is 0. The number of hydrogen-bond donors (Lipinski definition) is 1. The summed E-state index contributed by atoms with van der Waals surface area (Å²) in [5.74, 6) is 0. The minimum Gasteiger partial charge on any atom is -0.347 e. The van der Waals surface area contributed by atoms with Crippen molar-refractivity contribution >= 4 is 16.5 Å². The smallest absolute Gasteiger partial charge is 0.185 e. The van der Waals surface area contributed by atoms with Crippen molar-refractivity contribution in [3.05, 3.63) is 11.1 Å².